The average Bonchev–Trinajstić information content (AvgIpc) is 2.41. The Morgan fingerprint density at radius 1 is 1.29 bits per heavy atom. The normalized spacial score (nSPS) is 13.4. The van der Waals surface area contributed by atoms with Crippen LogP contribution in [0.2, 0.25) is 0 Å². The Kier molecular flexibility index (Phi) is 6.15. The van der Waals surface area contributed by atoms with Gasteiger partial charge in [0.25, 0.3) is 0 Å². The first-order valence-electron chi connectivity index (χ1n) is 7.07. The lowest BCUT2D eigenvalue weighted by Crippen LogP contribution is -2.36. The Balaban J connectivity index is 3.01. The lowest BCUT2D eigenvalue weighted by Gasteiger charge is -2.24. The number of carbonyl (C=O) groups excluding carboxylic acids is 2. The van der Waals surface area contributed by atoms with Crippen LogP contribution in [0.1, 0.15) is 45.7 Å². The van der Waals surface area contributed by atoms with Crippen LogP contribution in [0.25, 0.3) is 0 Å². The lowest BCUT2D eigenvalue weighted by molar-refractivity contribution is -0.105. The number of hydrogen-bond acceptors (Lipinski definition) is 3. The van der Waals surface area contributed by atoms with Crippen LogP contribution in [-0.4, -0.2) is 18.0 Å². The Morgan fingerprint density at radius 3 is 2.38 bits per heavy atom. The summed E-state index contributed by atoms with van der Waals surface area (Å²) >= 11 is 0. The number of carbonyl (C=O) groups is 2. The van der Waals surface area contributed by atoms with Gasteiger partial charge in [-0.15, -0.1) is 0 Å². The van der Waals surface area contributed by atoms with Gasteiger partial charge in [-0.1, -0.05) is 43.3 Å². The maximum Gasteiger partial charge on any atom is 0.408 e. The number of ether oxygens (including phenoxy) is 1. The van der Waals surface area contributed by atoms with E-state index in [1.807, 2.05) is 43.3 Å². The molecule has 0 radical (unpaired) electrons. The van der Waals surface area contributed by atoms with E-state index in [1.165, 1.54) is 0 Å². The van der Waals surface area contributed by atoms with Crippen LogP contribution in [0.5, 0.6) is 0 Å². The van der Waals surface area contributed by atoms with Gasteiger partial charge in [0.05, 0.1) is 6.04 Å². The summed E-state index contributed by atoms with van der Waals surface area (Å²) < 4.78 is 5.27. The first-order valence-corrected chi connectivity index (χ1v) is 7.07. The molecule has 0 unspecified atom stereocenters. The fourth-order valence-electron chi connectivity index (χ4n) is 1.90. The number of nitrogens with one attached hydrogen (secondary N) is 1. The molecule has 0 saturated carbocycles. The molecule has 0 spiro atoms. The monoisotopic (exact) mass is 289 g/mol. The number of aldehydes is 1. The summed E-state index contributed by atoms with van der Waals surface area (Å²) in [5.41, 5.74) is 0.783. The molecule has 0 aliphatic carbocycles. The molecule has 0 saturated heterocycles. The molecule has 0 bridgehead atoms. The molecule has 1 rings (SSSR count). The highest BCUT2D eigenvalue weighted by Crippen LogP contribution is 2.21. The van der Waals surface area contributed by atoms with Gasteiger partial charge in [0.1, 0.15) is 11.9 Å². The second-order valence-corrected chi connectivity index (χ2v) is 5.72. The van der Waals surface area contributed by atoms with Crippen molar-refractivity contribution in [3.63, 3.8) is 0 Å². The number of benzene rings is 1. The van der Waals surface area contributed by atoms with Gasteiger partial charge in [0.15, 0.2) is 0 Å². The minimum absolute atomic E-state index is 0.501. The summed E-state index contributed by atoms with van der Waals surface area (Å²) in [7, 11) is 0. The largest absolute Gasteiger partial charge is 0.444 e. The third kappa shape index (κ3) is 5.81. The molecule has 1 N–H and O–H groups in total. The zero-order chi connectivity index (χ0) is 15.9. The van der Waals surface area contributed by atoms with E-state index < -0.39 is 17.7 Å². The molecular weight excluding hydrogens is 266 g/mol. The Morgan fingerprint density at radius 2 is 1.90 bits per heavy atom. The van der Waals surface area contributed by atoms with Crippen LogP contribution < -0.4 is 5.32 Å². The van der Waals surface area contributed by atoms with Crippen molar-refractivity contribution in [3.05, 3.63) is 47.5 Å². The summed E-state index contributed by atoms with van der Waals surface area (Å²) in [5, 5.41) is 2.76. The molecule has 0 aliphatic heterocycles. The van der Waals surface area contributed by atoms with Crippen molar-refractivity contribution in [1.29, 1.82) is 0 Å². The second-order valence-electron chi connectivity index (χ2n) is 5.72. The summed E-state index contributed by atoms with van der Waals surface area (Å²) in [6, 6.07) is 8.86. The number of alkyl carbamates (subject to hydrolysis) is 1. The van der Waals surface area contributed by atoms with Crippen molar-refractivity contribution in [1.82, 2.24) is 5.32 Å². The van der Waals surface area contributed by atoms with Gasteiger partial charge in [-0.05, 0) is 32.8 Å². The maximum absolute atomic E-state index is 12.0. The molecule has 1 amide bonds. The molecule has 1 aromatic carbocycles. The van der Waals surface area contributed by atoms with Gasteiger partial charge < -0.3 is 10.1 Å². The topological polar surface area (TPSA) is 55.4 Å². The molecule has 0 aliphatic rings. The summed E-state index contributed by atoms with van der Waals surface area (Å²) in [5.74, 6) is 0. The van der Waals surface area contributed by atoms with Crippen molar-refractivity contribution in [3.8, 4) is 0 Å². The molecule has 1 aromatic rings. The molecule has 0 aromatic heterocycles. The van der Waals surface area contributed by atoms with Crippen LogP contribution in [0.4, 0.5) is 4.79 Å². The number of allylic oxidation sites excluding steroid dienone is 1. The van der Waals surface area contributed by atoms with Crippen molar-refractivity contribution in [2.24, 2.45) is 0 Å². The fraction of sp³-hybridized carbons (Fsp3) is 0.412. The Labute approximate surface area is 126 Å². The average molecular weight is 289 g/mol. The SMILES string of the molecule is CC/C=C(/C=O)[C@H](NC(=O)OC(C)(C)C)c1ccccc1. The van der Waals surface area contributed by atoms with Gasteiger partial charge >= 0.3 is 6.09 Å². The van der Waals surface area contributed by atoms with Gasteiger partial charge in [0, 0.05) is 5.57 Å². The van der Waals surface area contributed by atoms with Crippen LogP contribution in [0.3, 0.4) is 0 Å². The quantitative estimate of drug-likeness (QED) is 0.663. The van der Waals surface area contributed by atoms with E-state index in [4.69, 9.17) is 4.74 Å². The minimum Gasteiger partial charge on any atom is -0.444 e. The zero-order valence-electron chi connectivity index (χ0n) is 13.1. The molecule has 0 fully saturated rings. The highest BCUT2D eigenvalue weighted by molar-refractivity contribution is 5.78. The van der Waals surface area contributed by atoms with E-state index in [9.17, 15) is 9.59 Å². The molecule has 21 heavy (non-hydrogen) atoms. The Hall–Kier alpha value is -2.10. The first kappa shape index (κ1) is 17.0. The van der Waals surface area contributed by atoms with Crippen molar-refractivity contribution in [2.45, 2.75) is 45.8 Å². The first-order chi connectivity index (χ1) is 9.87. The van der Waals surface area contributed by atoms with Crippen molar-refractivity contribution in [2.75, 3.05) is 0 Å². The minimum atomic E-state index is -0.582. The number of amides is 1. The molecular formula is C17H23NO3. The van der Waals surface area contributed by atoms with E-state index >= 15 is 0 Å². The smallest absolute Gasteiger partial charge is 0.408 e. The third-order valence-corrected chi connectivity index (χ3v) is 2.70. The van der Waals surface area contributed by atoms with Gasteiger partial charge in [-0.25, -0.2) is 4.79 Å². The van der Waals surface area contributed by atoms with E-state index in [2.05, 4.69) is 5.32 Å². The van der Waals surface area contributed by atoms with E-state index in [0.717, 1.165) is 11.8 Å². The molecule has 4 heteroatoms. The highest BCUT2D eigenvalue weighted by Gasteiger charge is 2.22. The van der Waals surface area contributed by atoms with Gasteiger partial charge in [-0.2, -0.15) is 0 Å². The third-order valence-electron chi connectivity index (χ3n) is 2.70. The van der Waals surface area contributed by atoms with Gasteiger partial charge in [0.2, 0.25) is 0 Å². The lowest BCUT2D eigenvalue weighted by atomic mass is 9.99. The van der Waals surface area contributed by atoms with E-state index in [1.54, 1.807) is 20.8 Å². The number of rotatable bonds is 5. The number of hydrogen-bond donors (Lipinski definition) is 1. The summed E-state index contributed by atoms with van der Waals surface area (Å²) in [4.78, 5) is 23.3. The Bertz CT molecular complexity index is 501. The fourth-order valence-corrected chi connectivity index (χ4v) is 1.90. The van der Waals surface area contributed by atoms with Crippen LogP contribution >= 0.6 is 0 Å². The van der Waals surface area contributed by atoms with E-state index in [0.29, 0.717) is 12.0 Å². The van der Waals surface area contributed by atoms with Gasteiger partial charge in [-0.3, -0.25) is 4.79 Å². The van der Waals surface area contributed by atoms with Crippen molar-refractivity contribution < 1.29 is 14.3 Å². The predicted molar refractivity (Wildman–Crippen MR) is 83.0 cm³/mol. The van der Waals surface area contributed by atoms with Crippen LogP contribution in [0, 0.1) is 0 Å². The summed E-state index contributed by atoms with van der Waals surface area (Å²) in [6.07, 6.45) is 2.76. The molecule has 0 heterocycles. The molecule has 114 valence electrons. The maximum atomic E-state index is 12.0. The molecule has 4 nitrogen and oxygen atoms in total. The van der Waals surface area contributed by atoms with Crippen LogP contribution in [0.15, 0.2) is 42.0 Å². The van der Waals surface area contributed by atoms with Crippen LogP contribution in [-0.2, 0) is 9.53 Å². The zero-order valence-corrected chi connectivity index (χ0v) is 13.1. The summed E-state index contributed by atoms with van der Waals surface area (Å²) in [6.45, 7) is 7.34. The van der Waals surface area contributed by atoms with Crippen molar-refractivity contribution >= 4 is 12.4 Å². The molecule has 1 atom stereocenters. The second kappa shape index (κ2) is 7.62. The predicted octanol–water partition coefficient (Wildman–Crippen LogP) is 3.79. The standard InChI is InChI=1S/C17H23NO3/c1-5-9-14(12-19)15(13-10-7-6-8-11-13)18-16(20)21-17(2,3)4/h6-12,15H,5H2,1-4H3,(H,18,20)/b14-9-/t15-/m1/s1. The highest BCUT2D eigenvalue weighted by atomic mass is 16.6. The van der Waals surface area contributed by atoms with E-state index in [-0.39, 0.29) is 0 Å².